The van der Waals surface area contributed by atoms with Crippen LogP contribution in [-0.4, -0.2) is 44.3 Å². The number of rotatable bonds is 5. The maximum absolute atomic E-state index is 12.9. The van der Waals surface area contributed by atoms with E-state index in [1.54, 1.807) is 12.1 Å². The number of hydrogen-bond donors (Lipinski definition) is 0. The molecule has 0 bridgehead atoms. The number of methoxy groups -OCH3 is 2. The Bertz CT molecular complexity index is 923. The summed E-state index contributed by atoms with van der Waals surface area (Å²) in [5.74, 6) is 1.77. The predicted molar refractivity (Wildman–Crippen MR) is 95.6 cm³/mol. The number of amides is 2. The number of nitrogens with zero attached hydrogens (tertiary/aromatic N) is 1. The molecule has 0 aliphatic carbocycles. The fraction of sp³-hybridized carbons (Fsp3) is 0.300. The Morgan fingerprint density at radius 1 is 1.04 bits per heavy atom. The molecule has 2 aliphatic rings. The summed E-state index contributed by atoms with van der Waals surface area (Å²) < 4.78 is 21.3. The zero-order valence-corrected chi connectivity index (χ0v) is 15.1. The highest BCUT2D eigenvalue weighted by atomic mass is 16.7. The molecule has 2 amide bonds. The van der Waals surface area contributed by atoms with Gasteiger partial charge in [-0.1, -0.05) is 6.07 Å². The van der Waals surface area contributed by atoms with E-state index in [-0.39, 0.29) is 25.0 Å². The number of benzene rings is 2. The van der Waals surface area contributed by atoms with Crippen LogP contribution < -0.4 is 18.9 Å². The van der Waals surface area contributed by atoms with E-state index in [0.717, 1.165) is 5.56 Å². The minimum atomic E-state index is -0.317. The number of fused-ring (bicyclic) bond motifs is 2. The first-order valence-corrected chi connectivity index (χ1v) is 8.59. The van der Waals surface area contributed by atoms with Gasteiger partial charge in [0.15, 0.2) is 23.0 Å². The molecule has 7 nitrogen and oxygen atoms in total. The molecular weight excluding hydrogens is 350 g/mol. The fourth-order valence-electron chi connectivity index (χ4n) is 3.44. The molecule has 2 aromatic carbocycles. The van der Waals surface area contributed by atoms with Crippen molar-refractivity contribution in [3.05, 3.63) is 47.0 Å². The lowest BCUT2D eigenvalue weighted by Crippen LogP contribution is -2.43. The van der Waals surface area contributed by atoms with Gasteiger partial charge < -0.3 is 18.9 Å². The number of imide groups is 1. The highest BCUT2D eigenvalue weighted by molar-refractivity contribution is 6.10. The quantitative estimate of drug-likeness (QED) is 0.753. The van der Waals surface area contributed by atoms with Gasteiger partial charge in [0.05, 0.1) is 20.6 Å². The van der Waals surface area contributed by atoms with Crippen LogP contribution in [0.2, 0.25) is 0 Å². The molecular formula is C20H19NO6. The summed E-state index contributed by atoms with van der Waals surface area (Å²) in [6.45, 7) is 0.509. The monoisotopic (exact) mass is 369 g/mol. The van der Waals surface area contributed by atoms with Gasteiger partial charge in [-0.05, 0) is 36.2 Å². The average Bonchev–Trinajstić information content (AvgIpc) is 3.14. The Morgan fingerprint density at radius 3 is 2.63 bits per heavy atom. The summed E-state index contributed by atoms with van der Waals surface area (Å²) in [6, 6.07) is 8.99. The lowest BCUT2D eigenvalue weighted by Gasteiger charge is -2.28. The van der Waals surface area contributed by atoms with Gasteiger partial charge in [-0.15, -0.1) is 0 Å². The number of carbonyl (C=O) groups excluding carboxylic acids is 2. The maximum atomic E-state index is 12.9. The summed E-state index contributed by atoms with van der Waals surface area (Å²) in [7, 11) is 3.02. The Hall–Kier alpha value is -3.22. The predicted octanol–water partition coefficient (Wildman–Crippen LogP) is 2.20. The maximum Gasteiger partial charge on any atom is 0.260 e. The van der Waals surface area contributed by atoms with E-state index < -0.39 is 0 Å². The van der Waals surface area contributed by atoms with E-state index in [9.17, 15) is 9.59 Å². The molecule has 0 spiro atoms. The molecule has 0 N–H and O–H groups in total. The molecule has 140 valence electrons. The Balaban J connectivity index is 1.55. The van der Waals surface area contributed by atoms with Crippen molar-refractivity contribution in [2.45, 2.75) is 12.8 Å². The van der Waals surface area contributed by atoms with Crippen LogP contribution in [-0.2, 0) is 17.6 Å². The van der Waals surface area contributed by atoms with Gasteiger partial charge in [-0.3, -0.25) is 14.5 Å². The molecule has 7 heteroatoms. The van der Waals surface area contributed by atoms with Crippen molar-refractivity contribution < 1.29 is 28.5 Å². The minimum Gasteiger partial charge on any atom is -0.493 e. The van der Waals surface area contributed by atoms with Crippen molar-refractivity contribution in [1.82, 2.24) is 4.90 Å². The van der Waals surface area contributed by atoms with Gasteiger partial charge in [0.1, 0.15) is 0 Å². The Morgan fingerprint density at radius 2 is 1.85 bits per heavy atom. The van der Waals surface area contributed by atoms with Crippen molar-refractivity contribution in [1.29, 1.82) is 0 Å². The van der Waals surface area contributed by atoms with Crippen LogP contribution in [0.25, 0.3) is 0 Å². The van der Waals surface area contributed by atoms with Gasteiger partial charge in [0, 0.05) is 17.7 Å². The van der Waals surface area contributed by atoms with E-state index in [1.807, 2.05) is 18.2 Å². The highest BCUT2D eigenvalue weighted by Gasteiger charge is 2.33. The van der Waals surface area contributed by atoms with Crippen LogP contribution in [0, 0.1) is 0 Å². The first-order valence-electron chi connectivity index (χ1n) is 8.59. The van der Waals surface area contributed by atoms with E-state index in [2.05, 4.69) is 0 Å². The van der Waals surface area contributed by atoms with Gasteiger partial charge in [-0.2, -0.15) is 0 Å². The average molecular weight is 369 g/mol. The number of hydrogen-bond acceptors (Lipinski definition) is 6. The normalized spacial score (nSPS) is 15.0. The van der Waals surface area contributed by atoms with Crippen LogP contribution in [0.3, 0.4) is 0 Å². The van der Waals surface area contributed by atoms with Gasteiger partial charge >= 0.3 is 0 Å². The first-order chi connectivity index (χ1) is 13.1. The molecule has 0 saturated heterocycles. The smallest absolute Gasteiger partial charge is 0.260 e. The SMILES string of the molecule is COc1ccc2c(c1OC)CC(=O)N(CCc1ccc3c(c1)OCO3)C2=O. The van der Waals surface area contributed by atoms with Gasteiger partial charge in [0.25, 0.3) is 5.91 Å². The molecule has 2 aromatic rings. The molecule has 2 aliphatic heterocycles. The molecule has 27 heavy (non-hydrogen) atoms. The minimum absolute atomic E-state index is 0.0998. The van der Waals surface area contributed by atoms with Gasteiger partial charge in [-0.25, -0.2) is 0 Å². The third-order valence-corrected chi connectivity index (χ3v) is 4.81. The highest BCUT2D eigenvalue weighted by Crippen LogP contribution is 2.37. The van der Waals surface area contributed by atoms with Crippen molar-refractivity contribution >= 4 is 11.8 Å². The molecule has 4 rings (SSSR count). The van der Waals surface area contributed by atoms with Crippen LogP contribution in [0.4, 0.5) is 0 Å². The van der Waals surface area contributed by atoms with Crippen LogP contribution >= 0.6 is 0 Å². The lowest BCUT2D eigenvalue weighted by molar-refractivity contribution is -0.128. The molecule has 0 atom stereocenters. The molecule has 0 unspecified atom stereocenters. The second-order valence-corrected chi connectivity index (χ2v) is 6.29. The van der Waals surface area contributed by atoms with E-state index in [4.69, 9.17) is 18.9 Å². The van der Waals surface area contributed by atoms with Crippen molar-refractivity contribution in [3.63, 3.8) is 0 Å². The second-order valence-electron chi connectivity index (χ2n) is 6.29. The van der Waals surface area contributed by atoms with Crippen molar-refractivity contribution in [2.75, 3.05) is 27.6 Å². The van der Waals surface area contributed by atoms with E-state index in [1.165, 1.54) is 19.1 Å². The molecule has 0 fully saturated rings. The third-order valence-electron chi connectivity index (χ3n) is 4.81. The van der Waals surface area contributed by atoms with E-state index in [0.29, 0.717) is 47.1 Å². The zero-order valence-electron chi connectivity index (χ0n) is 15.1. The van der Waals surface area contributed by atoms with Crippen LogP contribution in [0.15, 0.2) is 30.3 Å². The molecule has 0 radical (unpaired) electrons. The largest absolute Gasteiger partial charge is 0.493 e. The fourth-order valence-corrected chi connectivity index (χ4v) is 3.44. The van der Waals surface area contributed by atoms with Gasteiger partial charge in [0.2, 0.25) is 12.7 Å². The Labute approximate surface area is 156 Å². The summed E-state index contributed by atoms with van der Waals surface area (Å²) in [5.41, 5.74) is 2.02. The summed E-state index contributed by atoms with van der Waals surface area (Å²) in [4.78, 5) is 26.8. The topological polar surface area (TPSA) is 74.3 Å². The number of carbonyl (C=O) groups is 2. The van der Waals surface area contributed by atoms with Crippen LogP contribution in [0.1, 0.15) is 21.5 Å². The lowest BCUT2D eigenvalue weighted by atomic mass is 9.96. The molecule has 2 heterocycles. The zero-order chi connectivity index (χ0) is 19.0. The Kier molecular flexibility index (Phi) is 4.35. The summed E-state index contributed by atoms with van der Waals surface area (Å²) in [6.07, 6.45) is 0.638. The standard InChI is InChI=1S/C20H19NO6/c1-24-16-6-4-13-14(19(16)25-2)10-18(22)21(20(13)23)8-7-12-3-5-15-17(9-12)27-11-26-15/h3-6,9H,7-8,10-11H2,1-2H3. The van der Waals surface area contributed by atoms with Crippen molar-refractivity contribution in [3.8, 4) is 23.0 Å². The van der Waals surface area contributed by atoms with E-state index >= 15 is 0 Å². The first kappa shape index (κ1) is 17.2. The second kappa shape index (κ2) is 6.83. The summed E-state index contributed by atoms with van der Waals surface area (Å²) >= 11 is 0. The van der Waals surface area contributed by atoms with Crippen molar-refractivity contribution in [2.24, 2.45) is 0 Å². The molecule has 0 saturated carbocycles. The summed E-state index contributed by atoms with van der Waals surface area (Å²) in [5, 5.41) is 0. The molecule has 0 aromatic heterocycles. The van der Waals surface area contributed by atoms with Crippen LogP contribution in [0.5, 0.6) is 23.0 Å². The number of ether oxygens (including phenoxy) is 4. The third kappa shape index (κ3) is 2.95.